The second-order valence-corrected chi connectivity index (χ2v) is 17.4. The summed E-state index contributed by atoms with van der Waals surface area (Å²) in [4.78, 5) is 12.7. The summed E-state index contributed by atoms with van der Waals surface area (Å²) in [5.41, 5.74) is 1.06. The van der Waals surface area contributed by atoms with E-state index in [4.69, 9.17) is 9.16 Å². The fraction of sp³-hybridized carbons (Fsp3) is 0.472. The van der Waals surface area contributed by atoms with Crippen LogP contribution in [0.3, 0.4) is 0 Å². The number of rotatable bonds is 11. The van der Waals surface area contributed by atoms with Crippen LogP contribution in [0.2, 0.25) is 5.04 Å². The summed E-state index contributed by atoms with van der Waals surface area (Å²) in [5.74, 6) is 0.778. The summed E-state index contributed by atoms with van der Waals surface area (Å²) in [6.07, 6.45) is 8.10. The van der Waals surface area contributed by atoms with Crippen LogP contribution in [-0.4, -0.2) is 32.5 Å². The van der Waals surface area contributed by atoms with Gasteiger partial charge in [0.15, 0.2) is 0 Å². The van der Waals surface area contributed by atoms with Crippen LogP contribution in [-0.2, 0) is 20.6 Å². The molecule has 0 aromatic heterocycles. The zero-order valence-electron chi connectivity index (χ0n) is 25.1. The van der Waals surface area contributed by atoms with Crippen molar-refractivity contribution in [2.75, 3.05) is 6.61 Å². The molecule has 1 heterocycles. The summed E-state index contributed by atoms with van der Waals surface area (Å²) in [5, 5.41) is 5.96. The van der Waals surface area contributed by atoms with Gasteiger partial charge in [-0.05, 0) is 59.0 Å². The monoisotopic (exact) mass is 569 g/mol. The van der Waals surface area contributed by atoms with Crippen LogP contribution in [0.1, 0.15) is 77.7 Å². The molecule has 1 aliphatic heterocycles. The Bertz CT molecular complexity index is 1200. The zero-order chi connectivity index (χ0) is 28.8. The van der Waals surface area contributed by atoms with Crippen molar-refractivity contribution in [1.29, 1.82) is 0 Å². The molecule has 0 spiro atoms. The van der Waals surface area contributed by atoms with Gasteiger partial charge in [0, 0.05) is 12.0 Å². The van der Waals surface area contributed by atoms with E-state index < -0.39 is 8.32 Å². The van der Waals surface area contributed by atoms with Gasteiger partial charge in [-0.25, -0.2) is 0 Å². The first kappa shape index (κ1) is 29.7. The highest BCUT2D eigenvalue weighted by Gasteiger charge is 2.52. The molecule has 3 atom stereocenters. The lowest BCUT2D eigenvalue weighted by molar-refractivity contribution is -0.128. The minimum atomic E-state index is -2.76. The van der Waals surface area contributed by atoms with Crippen LogP contribution in [0.5, 0.6) is 0 Å². The Morgan fingerprint density at radius 2 is 1.49 bits per heavy atom. The molecule has 1 amide bonds. The molecular formula is C36H47NO3Si. The van der Waals surface area contributed by atoms with E-state index in [0.29, 0.717) is 25.6 Å². The van der Waals surface area contributed by atoms with E-state index in [-0.39, 0.29) is 22.6 Å². The van der Waals surface area contributed by atoms with Gasteiger partial charge in [-0.15, -0.1) is 0 Å². The van der Waals surface area contributed by atoms with Gasteiger partial charge in [0.25, 0.3) is 8.32 Å². The van der Waals surface area contributed by atoms with Gasteiger partial charge in [-0.1, -0.05) is 125 Å². The minimum Gasteiger partial charge on any atom is -0.402 e. The minimum absolute atomic E-state index is 0.0965. The first-order chi connectivity index (χ1) is 19.8. The van der Waals surface area contributed by atoms with Crippen LogP contribution < -0.4 is 15.7 Å². The highest BCUT2D eigenvalue weighted by atomic mass is 28.4. The number of piperidine rings is 1. The maximum atomic E-state index is 12.7. The Hall–Kier alpha value is -2.73. The summed E-state index contributed by atoms with van der Waals surface area (Å²) in [7, 11) is -2.76. The van der Waals surface area contributed by atoms with Crippen molar-refractivity contribution in [3.05, 3.63) is 96.6 Å². The summed E-state index contributed by atoms with van der Waals surface area (Å²) < 4.78 is 14.0. The average molecular weight is 570 g/mol. The van der Waals surface area contributed by atoms with Crippen LogP contribution >= 0.6 is 0 Å². The largest absolute Gasteiger partial charge is 0.402 e. The number of amides is 1. The van der Waals surface area contributed by atoms with E-state index in [1.807, 2.05) is 6.07 Å². The van der Waals surface area contributed by atoms with Gasteiger partial charge in [0.2, 0.25) is 5.91 Å². The molecule has 5 rings (SSSR count). The van der Waals surface area contributed by atoms with Gasteiger partial charge in [-0.3, -0.25) is 4.79 Å². The molecule has 1 aliphatic carbocycles. The van der Waals surface area contributed by atoms with Crippen LogP contribution in [0.15, 0.2) is 91.0 Å². The molecule has 41 heavy (non-hydrogen) atoms. The number of carbonyl (C=O) groups excluding carboxylic acids is 1. The first-order valence-electron chi connectivity index (χ1n) is 15.5. The Balaban J connectivity index is 1.48. The fourth-order valence-electron chi connectivity index (χ4n) is 7.35. The highest BCUT2D eigenvalue weighted by Crippen LogP contribution is 2.43. The van der Waals surface area contributed by atoms with Crippen LogP contribution in [0.25, 0.3) is 0 Å². The second kappa shape index (κ2) is 13.1. The summed E-state index contributed by atoms with van der Waals surface area (Å²) in [6.45, 7) is 8.08. The van der Waals surface area contributed by atoms with E-state index in [1.54, 1.807) is 0 Å². The van der Waals surface area contributed by atoms with E-state index in [9.17, 15) is 4.79 Å². The standard InChI is InChI=1S/C36H47NO3Si/c1-35(2,3)41(32-18-9-5-10-19-32,33-20-11-6-12-21-33)40-31(28-39-27-29-15-7-4-8-16-29)24-26-36-25-14-13-17-30(36)22-23-34(38)37-36/h4-12,15-16,18-21,30-31H,13-14,17,22-28H2,1-3H3,(H,37,38)/t30-,31+,36-/m0/s1. The quantitative estimate of drug-likeness (QED) is 0.259. The molecule has 0 radical (unpaired) electrons. The molecule has 218 valence electrons. The van der Waals surface area contributed by atoms with Crippen LogP contribution in [0, 0.1) is 5.92 Å². The first-order valence-corrected chi connectivity index (χ1v) is 17.4. The van der Waals surface area contributed by atoms with E-state index in [0.717, 1.165) is 25.7 Å². The van der Waals surface area contributed by atoms with Crippen molar-refractivity contribution in [2.24, 2.45) is 5.92 Å². The molecule has 2 aliphatic rings. The molecule has 0 unspecified atom stereocenters. The molecular weight excluding hydrogens is 522 g/mol. The average Bonchev–Trinajstić information content (AvgIpc) is 2.99. The number of hydrogen-bond donors (Lipinski definition) is 1. The van der Waals surface area contributed by atoms with Gasteiger partial charge in [0.1, 0.15) is 0 Å². The third-order valence-corrected chi connectivity index (χ3v) is 14.5. The van der Waals surface area contributed by atoms with Crippen molar-refractivity contribution >= 4 is 24.6 Å². The van der Waals surface area contributed by atoms with E-state index in [1.165, 1.54) is 35.2 Å². The lowest BCUT2D eigenvalue weighted by Gasteiger charge is -2.49. The lowest BCUT2D eigenvalue weighted by atomic mass is 9.66. The normalized spacial score (nSPS) is 22.0. The number of ether oxygens (including phenoxy) is 1. The molecule has 4 nitrogen and oxygen atoms in total. The maximum Gasteiger partial charge on any atom is 0.261 e. The predicted octanol–water partition coefficient (Wildman–Crippen LogP) is 6.77. The molecule has 1 saturated carbocycles. The summed E-state index contributed by atoms with van der Waals surface area (Å²) in [6, 6.07) is 32.1. The number of nitrogens with one attached hydrogen (secondary N) is 1. The van der Waals surface area contributed by atoms with Crippen molar-refractivity contribution in [3.8, 4) is 0 Å². The lowest BCUT2D eigenvalue weighted by Crippen LogP contribution is -2.68. The molecule has 5 heteroatoms. The zero-order valence-corrected chi connectivity index (χ0v) is 26.1. The van der Waals surface area contributed by atoms with E-state index in [2.05, 4.69) is 111 Å². The van der Waals surface area contributed by atoms with Crippen molar-refractivity contribution in [3.63, 3.8) is 0 Å². The van der Waals surface area contributed by atoms with Crippen LogP contribution in [0.4, 0.5) is 0 Å². The molecule has 1 saturated heterocycles. The molecule has 0 bridgehead atoms. The Kier molecular flexibility index (Phi) is 9.47. The summed E-state index contributed by atoms with van der Waals surface area (Å²) >= 11 is 0. The van der Waals surface area contributed by atoms with Gasteiger partial charge < -0.3 is 14.5 Å². The van der Waals surface area contributed by atoms with E-state index >= 15 is 0 Å². The van der Waals surface area contributed by atoms with Gasteiger partial charge in [0.05, 0.1) is 19.3 Å². The van der Waals surface area contributed by atoms with Crippen molar-refractivity contribution in [2.45, 2.75) is 95.4 Å². The third-order valence-electron chi connectivity index (χ3n) is 9.40. The maximum absolute atomic E-state index is 12.7. The number of fused-ring (bicyclic) bond motifs is 1. The second-order valence-electron chi connectivity index (χ2n) is 13.1. The Labute approximate surface area is 248 Å². The number of benzene rings is 3. The fourth-order valence-corrected chi connectivity index (χ4v) is 12.1. The molecule has 3 aromatic carbocycles. The molecule has 1 N–H and O–H groups in total. The Morgan fingerprint density at radius 1 is 0.878 bits per heavy atom. The Morgan fingerprint density at radius 3 is 2.10 bits per heavy atom. The van der Waals surface area contributed by atoms with Crippen molar-refractivity contribution < 1.29 is 14.0 Å². The topological polar surface area (TPSA) is 47.6 Å². The van der Waals surface area contributed by atoms with Crippen molar-refractivity contribution in [1.82, 2.24) is 5.32 Å². The third kappa shape index (κ3) is 6.69. The SMILES string of the molecule is CC(C)(C)[Si](O[C@H](CC[C@@]12CCCC[C@H]1CCC(=O)N2)COCc1ccccc1)(c1ccccc1)c1ccccc1. The molecule has 2 fully saturated rings. The highest BCUT2D eigenvalue weighted by molar-refractivity contribution is 6.99. The van der Waals surface area contributed by atoms with Gasteiger partial charge >= 0.3 is 0 Å². The number of hydrogen-bond acceptors (Lipinski definition) is 3. The van der Waals surface area contributed by atoms with Gasteiger partial charge in [-0.2, -0.15) is 0 Å². The predicted molar refractivity (Wildman–Crippen MR) is 170 cm³/mol. The smallest absolute Gasteiger partial charge is 0.261 e. The number of carbonyl (C=O) groups is 1. The molecule has 3 aromatic rings.